The van der Waals surface area contributed by atoms with Crippen LogP contribution < -0.4 is 0 Å². The molecule has 0 aliphatic carbocycles. The molecule has 0 saturated heterocycles. The first-order valence-electron chi connectivity index (χ1n) is 5.05. The monoisotopic (exact) mass is 1350 g/mol. The van der Waals surface area contributed by atoms with Crippen molar-refractivity contribution in [1.29, 1.82) is 0 Å². The van der Waals surface area contributed by atoms with Gasteiger partial charge in [0.1, 0.15) is 16.2 Å². The molecule has 0 aromatic carbocycles. The Morgan fingerprint density at radius 2 is 0.692 bits per heavy atom. The van der Waals surface area contributed by atoms with E-state index < -0.39 is 31.0 Å². The summed E-state index contributed by atoms with van der Waals surface area (Å²) in [6, 6.07) is 0. The zero-order valence-corrected chi connectivity index (χ0v) is 35.4. The van der Waals surface area contributed by atoms with Crippen LogP contribution in [0.5, 0.6) is 0 Å². The molecule has 158 valence electrons. The van der Waals surface area contributed by atoms with E-state index in [0.29, 0.717) is 0 Å². The molecule has 0 aliphatic rings. The van der Waals surface area contributed by atoms with Gasteiger partial charge in [0.15, 0.2) is 2.14 Å². The Balaban J connectivity index is 6.71. The maximum Gasteiger partial charge on any atom is 0.293 e. The van der Waals surface area contributed by atoms with Crippen LogP contribution in [0.3, 0.4) is 0 Å². The molecule has 0 heterocycles. The van der Waals surface area contributed by atoms with Gasteiger partial charge in [0.2, 0.25) is 2.57 Å². The van der Waals surface area contributed by atoms with Crippen LogP contribution >= 0.6 is 239 Å². The summed E-state index contributed by atoms with van der Waals surface area (Å²) in [6.45, 7) is 0. The lowest BCUT2D eigenvalue weighted by Crippen LogP contribution is -2.66. The summed E-state index contributed by atoms with van der Waals surface area (Å²) in [5, 5.41) is 0. The first-order chi connectivity index (χ1) is 10.8. The highest BCUT2D eigenvalue weighted by molar-refractivity contribution is 9.42. The first kappa shape index (κ1) is 33.1. The van der Waals surface area contributed by atoms with Gasteiger partial charge in [-0.1, -0.05) is 207 Å². The van der Waals surface area contributed by atoms with Gasteiger partial charge in [-0.3, -0.25) is 4.55 Å². The Hall–Kier alpha value is 7.11. The summed E-state index contributed by atoms with van der Waals surface area (Å²) >= 11 is 51.5. The highest BCUT2D eigenvalue weighted by Crippen LogP contribution is 2.76. The topological polar surface area (TPSA) is 54.4 Å². The molecule has 0 saturated carbocycles. The summed E-state index contributed by atoms with van der Waals surface area (Å²) in [7, 11) is -4.66. The number of rotatable bonds is 6. The van der Waals surface area contributed by atoms with Gasteiger partial charge in [-0.25, -0.2) is 0 Å². The van der Waals surface area contributed by atoms with E-state index in [-0.39, 0.29) is 0 Å². The highest BCUT2D eigenvalue weighted by Gasteiger charge is 2.77. The van der Waals surface area contributed by atoms with Crippen molar-refractivity contribution in [3.63, 3.8) is 0 Å². The molecule has 19 heteroatoms. The lowest BCUT2D eigenvalue weighted by atomic mass is 10.1. The zero-order chi connectivity index (χ0) is 22.0. The van der Waals surface area contributed by atoms with Crippen LogP contribution in [-0.2, 0) is 10.1 Å². The van der Waals surface area contributed by atoms with Gasteiger partial charge in [-0.15, -0.1) is 0 Å². The SMILES string of the molecule is O=S(=O)(O)C(Br)(Br)C(Br)(Br)C(Br)(Br)C(Br)(Br)C(Br)(Br)C(Br)(Br)C(Br)(Br)Br. The van der Waals surface area contributed by atoms with Crippen molar-refractivity contribution in [2.75, 3.05) is 0 Å². The molecule has 0 radical (unpaired) electrons. The van der Waals surface area contributed by atoms with Gasteiger partial charge in [0.05, 0.1) is 0 Å². The fourth-order valence-electron chi connectivity index (χ4n) is 1.11. The molecule has 3 nitrogen and oxygen atoms in total. The molecule has 26 heavy (non-hydrogen) atoms. The van der Waals surface area contributed by atoms with E-state index in [9.17, 15) is 13.0 Å². The number of alkyl halides is 15. The average molecular weight is 1360 g/mol. The Labute approximate surface area is 277 Å². The van der Waals surface area contributed by atoms with Crippen LogP contribution in [0.25, 0.3) is 0 Å². The van der Waals surface area contributed by atoms with E-state index in [2.05, 4.69) is 239 Å². The normalized spacial score (nSPS) is 16.8. The minimum Gasteiger partial charge on any atom is -0.284 e. The molecule has 0 spiro atoms. The minimum absolute atomic E-state index is 0.903. The van der Waals surface area contributed by atoms with E-state index >= 15 is 0 Å². The second-order valence-corrected chi connectivity index (χ2v) is 34.4. The summed E-state index contributed by atoms with van der Waals surface area (Å²) in [5.74, 6) is 0. The Bertz CT molecular complexity index is 645. The van der Waals surface area contributed by atoms with Crippen LogP contribution in [0.15, 0.2) is 0 Å². The van der Waals surface area contributed by atoms with Crippen molar-refractivity contribution in [3.8, 4) is 0 Å². The smallest absolute Gasteiger partial charge is 0.284 e. The van der Waals surface area contributed by atoms with Crippen LogP contribution in [0, 0.1) is 0 Å². The third kappa shape index (κ3) is 5.74. The predicted octanol–water partition coefficient (Wildman–Crippen LogP) is 10.6. The standard InChI is InChI=1S/C7HBr15O3S/c8-1(9,2(10,11)4(14,15)6(18,19)20)3(12,13)5(16,17)7(21,22)26(23,24)25/h(H,23,24,25). The molecular weight excluding hydrogens is 1360 g/mol. The molecule has 0 aromatic rings. The molecule has 0 fully saturated rings. The predicted molar refractivity (Wildman–Crippen MR) is 165 cm³/mol. The lowest BCUT2D eigenvalue weighted by molar-refractivity contribution is 0.471. The molecule has 0 aromatic heterocycles. The van der Waals surface area contributed by atoms with Crippen molar-refractivity contribution in [1.82, 2.24) is 0 Å². The molecule has 0 bridgehead atoms. The second-order valence-electron chi connectivity index (χ2n) is 4.36. The van der Waals surface area contributed by atoms with E-state index in [1.54, 1.807) is 0 Å². The van der Waals surface area contributed by atoms with Crippen molar-refractivity contribution < 1.29 is 13.0 Å². The van der Waals surface area contributed by atoms with Crippen molar-refractivity contribution >= 4 is 249 Å². The lowest BCUT2D eigenvalue weighted by Gasteiger charge is -2.55. The van der Waals surface area contributed by atoms with Crippen LogP contribution in [0.4, 0.5) is 0 Å². The Morgan fingerprint density at radius 3 is 0.923 bits per heavy atom. The fourth-order valence-corrected chi connectivity index (χ4v) is 15.2. The number of hydrogen-bond donors (Lipinski definition) is 1. The third-order valence-electron chi connectivity index (χ3n) is 2.62. The largest absolute Gasteiger partial charge is 0.293 e. The van der Waals surface area contributed by atoms with Gasteiger partial charge >= 0.3 is 0 Å². The van der Waals surface area contributed by atoms with Crippen LogP contribution in [0.2, 0.25) is 0 Å². The maximum absolute atomic E-state index is 11.9. The molecule has 0 aliphatic heterocycles. The van der Waals surface area contributed by atoms with Gasteiger partial charge in [-0.2, -0.15) is 8.42 Å². The summed E-state index contributed by atoms with van der Waals surface area (Å²) in [5.41, 5.74) is 0. The Kier molecular flexibility index (Phi) is 13.0. The van der Waals surface area contributed by atoms with Crippen molar-refractivity contribution in [2.24, 2.45) is 0 Å². The van der Waals surface area contributed by atoms with Gasteiger partial charge in [-0.05, 0) is 31.9 Å². The molecule has 1 N–H and O–H groups in total. The van der Waals surface area contributed by atoms with Gasteiger partial charge < -0.3 is 0 Å². The van der Waals surface area contributed by atoms with E-state index in [4.69, 9.17) is 0 Å². The van der Waals surface area contributed by atoms with Gasteiger partial charge in [0, 0.05) is 0 Å². The van der Waals surface area contributed by atoms with E-state index in [0.717, 1.165) is 0 Å². The Morgan fingerprint density at radius 1 is 0.462 bits per heavy atom. The molecule has 0 amide bonds. The van der Waals surface area contributed by atoms with Crippen LogP contribution in [0.1, 0.15) is 0 Å². The molecule has 0 atom stereocenters. The van der Waals surface area contributed by atoms with Gasteiger partial charge in [0.25, 0.3) is 10.1 Å². The molecule has 0 rings (SSSR count). The minimum atomic E-state index is -4.66. The summed E-state index contributed by atoms with van der Waals surface area (Å²) in [6.07, 6.45) is 0. The maximum atomic E-state index is 11.9. The quantitative estimate of drug-likeness (QED) is 0.213. The average Bonchev–Trinajstić information content (AvgIpc) is 2.34. The number of halogens is 15. The van der Waals surface area contributed by atoms with E-state index in [1.165, 1.54) is 0 Å². The molecular formula is C7HBr15O3S. The highest BCUT2D eigenvalue weighted by atomic mass is 80.0. The number of hydrogen-bond acceptors (Lipinski definition) is 2. The third-order valence-corrected chi connectivity index (χ3v) is 35.3. The van der Waals surface area contributed by atoms with Crippen molar-refractivity contribution in [3.05, 3.63) is 0 Å². The van der Waals surface area contributed by atoms with Crippen molar-refractivity contribution in [2.45, 2.75) is 20.9 Å². The fraction of sp³-hybridized carbons (Fsp3) is 1.00. The summed E-state index contributed by atoms with van der Waals surface area (Å²) < 4.78 is 24.1. The summed E-state index contributed by atoms with van der Waals surface area (Å²) in [4.78, 5) is 0. The van der Waals surface area contributed by atoms with Crippen LogP contribution in [-0.4, -0.2) is 33.8 Å². The molecule has 0 unspecified atom stereocenters. The van der Waals surface area contributed by atoms with E-state index in [1.807, 2.05) is 0 Å². The second kappa shape index (κ2) is 10.2. The zero-order valence-electron chi connectivity index (χ0n) is 10.8. The first-order valence-corrected chi connectivity index (χ1v) is 18.4.